The Kier molecular flexibility index (Phi) is 3.73. The molecule has 0 spiro atoms. The molecule has 0 saturated carbocycles. The summed E-state index contributed by atoms with van der Waals surface area (Å²) in [6.07, 6.45) is 0. The number of ether oxygens (including phenoxy) is 1. The van der Waals surface area contributed by atoms with Gasteiger partial charge in [-0.3, -0.25) is 0 Å². The highest BCUT2D eigenvalue weighted by molar-refractivity contribution is 6.22. The Bertz CT molecular complexity index is 362. The van der Waals surface area contributed by atoms with Crippen LogP contribution >= 0.6 is 11.6 Å². The third-order valence-electron chi connectivity index (χ3n) is 1.68. The number of aryl methyl sites for hydroxylation is 1. The number of nitriles is 1. The quantitative estimate of drug-likeness (QED) is 0.724. The average Bonchev–Trinajstić information content (AvgIpc) is 2.19. The molecule has 0 aliphatic rings. The van der Waals surface area contributed by atoms with E-state index in [1.165, 1.54) is 6.07 Å². The molecule has 14 heavy (non-hydrogen) atoms. The zero-order chi connectivity index (χ0) is 10.6. The lowest BCUT2D eigenvalue weighted by Crippen LogP contribution is -2.09. The first-order valence-corrected chi connectivity index (χ1v) is 4.49. The van der Waals surface area contributed by atoms with E-state index in [9.17, 15) is 4.39 Å². The van der Waals surface area contributed by atoms with Crippen molar-refractivity contribution in [3.63, 3.8) is 0 Å². The molecular formula is C10H9ClFNO. The zero-order valence-corrected chi connectivity index (χ0v) is 8.38. The van der Waals surface area contributed by atoms with Gasteiger partial charge in [0.15, 0.2) is 5.38 Å². The van der Waals surface area contributed by atoms with E-state index in [0.29, 0.717) is 11.3 Å². The third-order valence-corrected chi connectivity index (χ3v) is 1.90. The van der Waals surface area contributed by atoms with Crippen LogP contribution in [0.25, 0.3) is 0 Å². The fraction of sp³-hybridized carbons (Fsp3) is 0.300. The summed E-state index contributed by atoms with van der Waals surface area (Å²) >= 11 is 5.51. The van der Waals surface area contributed by atoms with Crippen molar-refractivity contribution in [2.24, 2.45) is 0 Å². The Morgan fingerprint density at radius 3 is 2.93 bits per heavy atom. The lowest BCUT2D eigenvalue weighted by Gasteiger charge is -2.06. The van der Waals surface area contributed by atoms with Crippen molar-refractivity contribution in [3.8, 4) is 11.8 Å². The number of nitrogens with zero attached hydrogens (tertiary/aromatic N) is 1. The van der Waals surface area contributed by atoms with Crippen molar-refractivity contribution in [1.29, 1.82) is 5.26 Å². The minimum Gasteiger partial charge on any atom is -0.491 e. The Hall–Kier alpha value is -1.27. The van der Waals surface area contributed by atoms with Crippen molar-refractivity contribution in [3.05, 3.63) is 29.6 Å². The molecule has 1 unspecified atom stereocenters. The van der Waals surface area contributed by atoms with E-state index in [0.717, 1.165) is 0 Å². The van der Waals surface area contributed by atoms with Crippen molar-refractivity contribution >= 4 is 11.6 Å². The average molecular weight is 214 g/mol. The number of alkyl halides is 1. The van der Waals surface area contributed by atoms with Crippen molar-refractivity contribution in [2.75, 3.05) is 6.61 Å². The number of hydrogen-bond donors (Lipinski definition) is 0. The second-order valence-corrected chi connectivity index (χ2v) is 3.35. The van der Waals surface area contributed by atoms with Crippen LogP contribution in [0.5, 0.6) is 5.75 Å². The lowest BCUT2D eigenvalue weighted by atomic mass is 10.2. The van der Waals surface area contributed by atoms with Crippen molar-refractivity contribution in [1.82, 2.24) is 0 Å². The highest BCUT2D eigenvalue weighted by atomic mass is 35.5. The molecule has 0 aliphatic heterocycles. The first kappa shape index (κ1) is 10.8. The summed E-state index contributed by atoms with van der Waals surface area (Å²) in [5, 5.41) is 7.67. The van der Waals surface area contributed by atoms with Gasteiger partial charge in [-0.05, 0) is 18.6 Å². The normalized spacial score (nSPS) is 11.9. The molecule has 0 radical (unpaired) electrons. The monoisotopic (exact) mass is 213 g/mol. The number of rotatable bonds is 3. The van der Waals surface area contributed by atoms with Crippen LogP contribution in [0.1, 0.15) is 5.56 Å². The van der Waals surface area contributed by atoms with E-state index in [-0.39, 0.29) is 12.4 Å². The number of benzene rings is 1. The van der Waals surface area contributed by atoms with Crippen LogP contribution in [0.15, 0.2) is 18.2 Å². The summed E-state index contributed by atoms with van der Waals surface area (Å²) in [5.74, 6) is 0.0552. The minimum absolute atomic E-state index is 0.0561. The molecule has 1 aromatic carbocycles. The van der Waals surface area contributed by atoms with E-state index < -0.39 is 5.38 Å². The predicted molar refractivity (Wildman–Crippen MR) is 51.9 cm³/mol. The second-order valence-electron chi connectivity index (χ2n) is 2.82. The van der Waals surface area contributed by atoms with Crippen molar-refractivity contribution in [2.45, 2.75) is 12.3 Å². The van der Waals surface area contributed by atoms with Gasteiger partial charge in [0, 0.05) is 6.07 Å². The van der Waals surface area contributed by atoms with Gasteiger partial charge in [-0.15, -0.1) is 11.6 Å². The van der Waals surface area contributed by atoms with Gasteiger partial charge in [-0.2, -0.15) is 5.26 Å². The Balaban J connectivity index is 2.61. The summed E-state index contributed by atoms with van der Waals surface area (Å²) < 4.78 is 18.1. The fourth-order valence-corrected chi connectivity index (χ4v) is 0.933. The molecule has 1 atom stereocenters. The van der Waals surface area contributed by atoms with Gasteiger partial charge < -0.3 is 4.74 Å². The van der Waals surface area contributed by atoms with Crippen LogP contribution in [0.4, 0.5) is 4.39 Å². The van der Waals surface area contributed by atoms with E-state index >= 15 is 0 Å². The third kappa shape index (κ3) is 2.90. The maximum Gasteiger partial charge on any atom is 0.154 e. The van der Waals surface area contributed by atoms with E-state index in [1.54, 1.807) is 19.1 Å². The molecule has 1 rings (SSSR count). The van der Waals surface area contributed by atoms with Crippen LogP contribution in [-0.2, 0) is 0 Å². The topological polar surface area (TPSA) is 33.0 Å². The van der Waals surface area contributed by atoms with Crippen LogP contribution in [0.2, 0.25) is 0 Å². The van der Waals surface area contributed by atoms with Gasteiger partial charge in [0.05, 0.1) is 6.07 Å². The largest absolute Gasteiger partial charge is 0.491 e. The van der Waals surface area contributed by atoms with Crippen LogP contribution in [0, 0.1) is 24.1 Å². The second kappa shape index (κ2) is 4.83. The van der Waals surface area contributed by atoms with Crippen molar-refractivity contribution < 1.29 is 9.13 Å². The molecule has 2 nitrogen and oxygen atoms in total. The van der Waals surface area contributed by atoms with E-state index in [1.807, 2.05) is 6.07 Å². The molecule has 1 aromatic rings. The molecule has 0 heterocycles. The number of halogens is 2. The zero-order valence-electron chi connectivity index (χ0n) is 7.63. The van der Waals surface area contributed by atoms with E-state index in [2.05, 4.69) is 0 Å². The molecule has 0 amide bonds. The number of hydrogen-bond acceptors (Lipinski definition) is 2. The van der Waals surface area contributed by atoms with Crippen LogP contribution < -0.4 is 4.74 Å². The Morgan fingerprint density at radius 1 is 1.64 bits per heavy atom. The van der Waals surface area contributed by atoms with Gasteiger partial charge in [0.2, 0.25) is 0 Å². The van der Waals surface area contributed by atoms with Gasteiger partial charge in [0.25, 0.3) is 0 Å². The van der Waals surface area contributed by atoms with E-state index in [4.69, 9.17) is 21.6 Å². The maximum absolute atomic E-state index is 13.0. The maximum atomic E-state index is 13.0. The summed E-state index contributed by atoms with van der Waals surface area (Å²) in [4.78, 5) is 0. The fourth-order valence-electron chi connectivity index (χ4n) is 0.870. The molecule has 0 fully saturated rings. The molecule has 0 aromatic heterocycles. The van der Waals surface area contributed by atoms with Crippen LogP contribution in [-0.4, -0.2) is 12.0 Å². The molecule has 4 heteroatoms. The molecule has 0 bridgehead atoms. The lowest BCUT2D eigenvalue weighted by molar-refractivity contribution is 0.327. The Labute approximate surface area is 86.9 Å². The van der Waals surface area contributed by atoms with Gasteiger partial charge in [-0.25, -0.2) is 4.39 Å². The standard InChI is InChI=1S/C10H9ClFNO/c1-7-2-3-9(4-10(7)12)14-6-8(11)5-13/h2-4,8H,6H2,1H3. The predicted octanol–water partition coefficient (Wildman–Crippen LogP) is 2.64. The van der Waals surface area contributed by atoms with Crippen LogP contribution in [0.3, 0.4) is 0 Å². The molecule has 0 saturated heterocycles. The molecule has 74 valence electrons. The molecule has 0 aliphatic carbocycles. The summed E-state index contributed by atoms with van der Waals surface area (Å²) in [7, 11) is 0. The smallest absolute Gasteiger partial charge is 0.154 e. The van der Waals surface area contributed by atoms with Gasteiger partial charge >= 0.3 is 0 Å². The van der Waals surface area contributed by atoms with Gasteiger partial charge in [0.1, 0.15) is 18.2 Å². The molecule has 0 N–H and O–H groups in total. The molecular weight excluding hydrogens is 205 g/mol. The Morgan fingerprint density at radius 2 is 2.36 bits per heavy atom. The van der Waals surface area contributed by atoms with Gasteiger partial charge in [-0.1, -0.05) is 6.07 Å². The minimum atomic E-state index is -0.709. The summed E-state index contributed by atoms with van der Waals surface area (Å²) in [6.45, 7) is 1.72. The highest BCUT2D eigenvalue weighted by Crippen LogP contribution is 2.16. The highest BCUT2D eigenvalue weighted by Gasteiger charge is 2.04. The SMILES string of the molecule is Cc1ccc(OCC(Cl)C#N)cc1F. The first-order valence-electron chi connectivity index (χ1n) is 4.06. The first-order chi connectivity index (χ1) is 6.63. The summed E-state index contributed by atoms with van der Waals surface area (Å²) in [6, 6.07) is 6.33. The summed E-state index contributed by atoms with van der Waals surface area (Å²) in [5.41, 5.74) is 0.556.